The lowest BCUT2D eigenvalue weighted by Gasteiger charge is -2.03. The van der Waals surface area contributed by atoms with E-state index in [2.05, 4.69) is 20.9 Å². The van der Waals surface area contributed by atoms with E-state index in [9.17, 15) is 18.0 Å². The number of alkyl halides is 2. The lowest BCUT2D eigenvalue weighted by atomic mass is 10.2. The van der Waals surface area contributed by atoms with Crippen molar-refractivity contribution in [1.29, 1.82) is 0 Å². The van der Waals surface area contributed by atoms with Gasteiger partial charge in [0.15, 0.2) is 0 Å². The van der Waals surface area contributed by atoms with Crippen LogP contribution in [0.1, 0.15) is 22.5 Å². The quantitative estimate of drug-likeness (QED) is 0.840. The molecular weight excluding hydrogens is 267 g/mol. The molecule has 0 amide bonds. The number of aromatic carboxylic acids is 1. The van der Waals surface area contributed by atoms with Gasteiger partial charge in [-0.2, -0.15) is 0 Å². The monoisotopic (exact) mass is 269 g/mol. The van der Waals surface area contributed by atoms with Crippen LogP contribution in [0.25, 0.3) is 0 Å². The second kappa shape index (κ2) is 3.95. The highest BCUT2D eigenvalue weighted by Gasteiger charge is 2.20. The number of carboxylic acids is 1. The van der Waals surface area contributed by atoms with Crippen molar-refractivity contribution >= 4 is 21.9 Å². The maximum absolute atomic E-state index is 12.9. The third-order valence-electron chi connectivity index (χ3n) is 1.38. The normalized spacial score (nSPS) is 10.6. The first-order valence-corrected chi connectivity index (χ1v) is 4.10. The van der Waals surface area contributed by atoms with E-state index in [0.717, 1.165) is 0 Å². The zero-order valence-corrected chi connectivity index (χ0v) is 8.06. The van der Waals surface area contributed by atoms with Crippen molar-refractivity contribution < 1.29 is 23.1 Å². The Bertz CT molecular complexity index is 360. The van der Waals surface area contributed by atoms with E-state index < -0.39 is 34.1 Å². The van der Waals surface area contributed by atoms with E-state index in [1.165, 1.54) is 0 Å². The molecule has 0 unspecified atom stereocenters. The first-order valence-electron chi connectivity index (χ1n) is 3.31. The van der Waals surface area contributed by atoms with E-state index in [-0.39, 0.29) is 0 Å². The summed E-state index contributed by atoms with van der Waals surface area (Å²) in [6.45, 7) is 0. The van der Waals surface area contributed by atoms with Crippen LogP contribution in [0.2, 0.25) is 0 Å². The standard InChI is InChI=1S/C7H3BrF3NO2/c8-5-4(7(13)14)2(9)1-3(12-5)6(10)11/h1,6H,(H,13,14). The van der Waals surface area contributed by atoms with Gasteiger partial charge >= 0.3 is 5.97 Å². The van der Waals surface area contributed by atoms with E-state index >= 15 is 0 Å². The van der Waals surface area contributed by atoms with Crippen LogP contribution in [0, 0.1) is 5.82 Å². The summed E-state index contributed by atoms with van der Waals surface area (Å²) in [6.07, 6.45) is -2.94. The molecule has 0 bridgehead atoms. The van der Waals surface area contributed by atoms with Gasteiger partial charge in [-0.05, 0) is 15.9 Å². The minimum absolute atomic E-state index is 0.402. The molecule has 0 atom stereocenters. The molecule has 0 aliphatic rings. The molecule has 0 saturated carbocycles. The maximum atomic E-state index is 12.9. The summed E-state index contributed by atoms with van der Waals surface area (Å²) < 4.78 is 36.6. The molecule has 0 spiro atoms. The topological polar surface area (TPSA) is 50.2 Å². The summed E-state index contributed by atoms with van der Waals surface area (Å²) in [6, 6.07) is 0.402. The van der Waals surface area contributed by atoms with Gasteiger partial charge in [-0.3, -0.25) is 0 Å². The van der Waals surface area contributed by atoms with Crippen LogP contribution < -0.4 is 0 Å². The van der Waals surface area contributed by atoms with Gasteiger partial charge in [0, 0.05) is 6.07 Å². The molecule has 3 nitrogen and oxygen atoms in total. The zero-order valence-electron chi connectivity index (χ0n) is 6.47. The number of halogens is 4. The summed E-state index contributed by atoms with van der Waals surface area (Å²) in [5, 5.41) is 8.48. The number of aromatic nitrogens is 1. The molecule has 1 heterocycles. The molecule has 1 aromatic rings. The van der Waals surface area contributed by atoms with E-state index in [1.807, 2.05) is 0 Å². The predicted octanol–water partition coefficient (Wildman–Crippen LogP) is 2.62. The molecule has 1 aromatic heterocycles. The van der Waals surface area contributed by atoms with Crippen molar-refractivity contribution in [3.05, 3.63) is 27.7 Å². The van der Waals surface area contributed by atoms with E-state index in [4.69, 9.17) is 5.11 Å². The van der Waals surface area contributed by atoms with Gasteiger partial charge in [-0.25, -0.2) is 22.9 Å². The van der Waals surface area contributed by atoms with Gasteiger partial charge < -0.3 is 5.11 Å². The number of carbonyl (C=O) groups is 1. The Balaban J connectivity index is 3.32. The SMILES string of the molecule is O=C(O)c1c(F)cc(C(F)F)nc1Br. The van der Waals surface area contributed by atoms with Crippen LogP contribution in [0.3, 0.4) is 0 Å². The lowest BCUT2D eigenvalue weighted by molar-refractivity contribution is 0.0689. The second-order valence-corrected chi connectivity index (χ2v) is 3.05. The summed E-state index contributed by atoms with van der Waals surface area (Å²) in [7, 11) is 0. The number of pyridine rings is 1. The minimum atomic E-state index is -2.94. The summed E-state index contributed by atoms with van der Waals surface area (Å²) in [5.74, 6) is -2.81. The number of rotatable bonds is 2. The number of nitrogens with zero attached hydrogens (tertiary/aromatic N) is 1. The van der Waals surface area contributed by atoms with Crippen LogP contribution in [0.4, 0.5) is 13.2 Å². The zero-order chi connectivity index (χ0) is 10.9. The van der Waals surface area contributed by atoms with Gasteiger partial charge in [0.2, 0.25) is 0 Å². The van der Waals surface area contributed by atoms with Crippen molar-refractivity contribution in [2.45, 2.75) is 6.43 Å². The molecule has 0 aliphatic carbocycles. The smallest absolute Gasteiger partial charge is 0.341 e. The Hall–Kier alpha value is -1.11. The molecule has 7 heteroatoms. The molecule has 14 heavy (non-hydrogen) atoms. The number of hydrogen-bond donors (Lipinski definition) is 1. The van der Waals surface area contributed by atoms with Crippen LogP contribution in [0.5, 0.6) is 0 Å². The summed E-state index contributed by atoms with van der Waals surface area (Å²) in [4.78, 5) is 13.6. The lowest BCUT2D eigenvalue weighted by Crippen LogP contribution is -2.06. The average molecular weight is 270 g/mol. The molecule has 0 aliphatic heterocycles. The van der Waals surface area contributed by atoms with Crippen molar-refractivity contribution in [3.8, 4) is 0 Å². The molecule has 0 radical (unpaired) electrons. The fraction of sp³-hybridized carbons (Fsp3) is 0.143. The Kier molecular flexibility index (Phi) is 3.10. The van der Waals surface area contributed by atoms with Crippen molar-refractivity contribution in [2.75, 3.05) is 0 Å². The molecule has 1 N–H and O–H groups in total. The third kappa shape index (κ3) is 2.03. The Morgan fingerprint density at radius 2 is 2.14 bits per heavy atom. The van der Waals surface area contributed by atoms with E-state index in [0.29, 0.717) is 6.07 Å². The number of hydrogen-bond acceptors (Lipinski definition) is 2. The average Bonchev–Trinajstić information content (AvgIpc) is 2.01. The van der Waals surface area contributed by atoms with Gasteiger partial charge in [0.05, 0.1) is 0 Å². The Morgan fingerprint density at radius 1 is 1.57 bits per heavy atom. The van der Waals surface area contributed by atoms with Crippen molar-refractivity contribution in [1.82, 2.24) is 4.98 Å². The molecule has 0 fully saturated rings. The van der Waals surface area contributed by atoms with Crippen molar-refractivity contribution in [2.24, 2.45) is 0 Å². The van der Waals surface area contributed by atoms with Crippen LogP contribution in [-0.2, 0) is 0 Å². The van der Waals surface area contributed by atoms with E-state index in [1.54, 1.807) is 0 Å². The highest BCUT2D eigenvalue weighted by atomic mass is 79.9. The molecular formula is C7H3BrF3NO2. The largest absolute Gasteiger partial charge is 0.477 e. The van der Waals surface area contributed by atoms with Crippen molar-refractivity contribution in [3.63, 3.8) is 0 Å². The fourth-order valence-electron chi connectivity index (χ4n) is 0.804. The molecule has 1 rings (SSSR count). The summed E-state index contributed by atoms with van der Waals surface area (Å²) >= 11 is 2.60. The molecule has 76 valence electrons. The molecule has 0 saturated heterocycles. The number of carboxylic acid groups (broad SMARTS) is 1. The van der Waals surface area contributed by atoms with Crippen LogP contribution in [0.15, 0.2) is 10.7 Å². The minimum Gasteiger partial charge on any atom is -0.477 e. The Morgan fingerprint density at radius 3 is 2.50 bits per heavy atom. The van der Waals surface area contributed by atoms with Crippen LogP contribution in [-0.4, -0.2) is 16.1 Å². The van der Waals surface area contributed by atoms with Gasteiger partial charge in [-0.15, -0.1) is 0 Å². The third-order valence-corrected chi connectivity index (χ3v) is 1.96. The maximum Gasteiger partial charge on any atom is 0.341 e. The molecule has 0 aromatic carbocycles. The highest BCUT2D eigenvalue weighted by Crippen LogP contribution is 2.24. The van der Waals surface area contributed by atoms with Crippen LogP contribution >= 0.6 is 15.9 Å². The first kappa shape index (κ1) is 11.0. The van der Waals surface area contributed by atoms with Gasteiger partial charge in [0.25, 0.3) is 6.43 Å². The predicted molar refractivity (Wildman–Crippen MR) is 43.8 cm³/mol. The Labute approximate surface area is 84.7 Å². The van der Waals surface area contributed by atoms with Gasteiger partial charge in [-0.1, -0.05) is 0 Å². The summed E-state index contributed by atoms with van der Waals surface area (Å²) in [5.41, 5.74) is -1.56. The first-order chi connectivity index (χ1) is 6.43. The second-order valence-electron chi connectivity index (χ2n) is 2.30. The highest BCUT2D eigenvalue weighted by molar-refractivity contribution is 9.10. The van der Waals surface area contributed by atoms with Gasteiger partial charge in [0.1, 0.15) is 21.7 Å². The fourth-order valence-corrected chi connectivity index (χ4v) is 1.37.